The van der Waals surface area contributed by atoms with Gasteiger partial charge < -0.3 is 0 Å². The molecule has 0 unspecified atom stereocenters. The lowest BCUT2D eigenvalue weighted by molar-refractivity contribution is 0.601. The van der Waals surface area contributed by atoms with Crippen LogP contribution in [0.15, 0.2) is 47.9 Å². The van der Waals surface area contributed by atoms with Gasteiger partial charge >= 0.3 is 0 Å². The predicted molar refractivity (Wildman–Crippen MR) is 73.7 cm³/mol. The lowest BCUT2D eigenvalue weighted by atomic mass is 10.2. The van der Waals surface area contributed by atoms with E-state index < -0.39 is 10.0 Å². The SMILES string of the molecule is O=S(=O)(Nc1cncnc1)c1ccc(CCCl)cc1. The average molecular weight is 298 g/mol. The maximum Gasteiger partial charge on any atom is 0.261 e. The number of nitrogens with one attached hydrogen (secondary N) is 1. The Morgan fingerprint density at radius 2 is 1.74 bits per heavy atom. The van der Waals surface area contributed by atoms with Crippen molar-refractivity contribution in [3.63, 3.8) is 0 Å². The van der Waals surface area contributed by atoms with E-state index in [1.54, 1.807) is 24.3 Å². The lowest BCUT2D eigenvalue weighted by Gasteiger charge is -2.07. The highest BCUT2D eigenvalue weighted by Crippen LogP contribution is 2.15. The van der Waals surface area contributed by atoms with Crippen LogP contribution in [0.25, 0.3) is 0 Å². The summed E-state index contributed by atoms with van der Waals surface area (Å²) in [6.07, 6.45) is 4.83. The van der Waals surface area contributed by atoms with E-state index in [1.165, 1.54) is 18.7 Å². The van der Waals surface area contributed by atoms with E-state index in [0.717, 1.165) is 5.56 Å². The number of aromatic nitrogens is 2. The molecule has 0 radical (unpaired) electrons. The fraction of sp³-hybridized carbons (Fsp3) is 0.167. The first-order valence-corrected chi connectivity index (χ1v) is 7.56. The van der Waals surface area contributed by atoms with E-state index in [4.69, 9.17) is 11.6 Å². The van der Waals surface area contributed by atoms with E-state index in [0.29, 0.717) is 18.0 Å². The van der Waals surface area contributed by atoms with Gasteiger partial charge in [-0.05, 0) is 24.1 Å². The number of aryl methyl sites for hydroxylation is 1. The molecule has 0 aliphatic heterocycles. The zero-order valence-electron chi connectivity index (χ0n) is 9.95. The minimum atomic E-state index is -3.61. The molecule has 5 nitrogen and oxygen atoms in total. The first-order valence-electron chi connectivity index (χ1n) is 5.54. The van der Waals surface area contributed by atoms with Gasteiger partial charge in [0.25, 0.3) is 10.0 Å². The van der Waals surface area contributed by atoms with Crippen LogP contribution < -0.4 is 4.72 Å². The van der Waals surface area contributed by atoms with Crippen molar-refractivity contribution < 1.29 is 8.42 Å². The van der Waals surface area contributed by atoms with Crippen molar-refractivity contribution >= 4 is 27.3 Å². The number of rotatable bonds is 5. The Balaban J connectivity index is 2.20. The third kappa shape index (κ3) is 3.65. The van der Waals surface area contributed by atoms with Crippen molar-refractivity contribution in [1.82, 2.24) is 9.97 Å². The topological polar surface area (TPSA) is 72.0 Å². The van der Waals surface area contributed by atoms with Crippen LogP contribution in [0.4, 0.5) is 5.69 Å². The number of halogens is 1. The van der Waals surface area contributed by atoms with Gasteiger partial charge in [0, 0.05) is 5.88 Å². The Kier molecular flexibility index (Phi) is 4.34. The van der Waals surface area contributed by atoms with Gasteiger partial charge in [0.15, 0.2) is 0 Å². The Morgan fingerprint density at radius 3 is 2.32 bits per heavy atom. The van der Waals surface area contributed by atoms with Crippen LogP contribution in [0.5, 0.6) is 0 Å². The van der Waals surface area contributed by atoms with Crippen molar-refractivity contribution in [2.24, 2.45) is 0 Å². The second-order valence-corrected chi connectivity index (χ2v) is 5.88. The number of hydrogen-bond acceptors (Lipinski definition) is 4. The van der Waals surface area contributed by atoms with Gasteiger partial charge in [-0.1, -0.05) is 12.1 Å². The predicted octanol–water partition coefficient (Wildman–Crippen LogP) is 2.06. The molecule has 0 atom stereocenters. The molecule has 1 heterocycles. The van der Waals surface area contributed by atoms with E-state index >= 15 is 0 Å². The van der Waals surface area contributed by atoms with Crippen LogP contribution in [0.1, 0.15) is 5.56 Å². The fourth-order valence-corrected chi connectivity index (χ4v) is 2.76. The maximum absolute atomic E-state index is 12.1. The minimum Gasteiger partial charge on any atom is -0.276 e. The molecule has 0 spiro atoms. The summed E-state index contributed by atoms with van der Waals surface area (Å²) in [4.78, 5) is 7.69. The second kappa shape index (κ2) is 5.99. The highest BCUT2D eigenvalue weighted by Gasteiger charge is 2.14. The number of benzene rings is 1. The molecule has 0 saturated carbocycles. The number of anilines is 1. The molecule has 0 aliphatic carbocycles. The van der Waals surface area contributed by atoms with Gasteiger partial charge in [0.1, 0.15) is 6.33 Å². The third-order valence-electron chi connectivity index (χ3n) is 2.43. The van der Waals surface area contributed by atoms with Gasteiger partial charge in [-0.25, -0.2) is 18.4 Å². The van der Waals surface area contributed by atoms with Crippen molar-refractivity contribution in [3.8, 4) is 0 Å². The van der Waals surface area contributed by atoms with Crippen LogP contribution in [0.3, 0.4) is 0 Å². The van der Waals surface area contributed by atoms with Gasteiger partial charge in [0.05, 0.1) is 23.0 Å². The molecule has 2 rings (SSSR count). The largest absolute Gasteiger partial charge is 0.276 e. The van der Waals surface area contributed by atoms with Crippen molar-refractivity contribution in [1.29, 1.82) is 0 Å². The summed E-state index contributed by atoms with van der Waals surface area (Å²) >= 11 is 5.63. The molecular formula is C12H12ClN3O2S. The highest BCUT2D eigenvalue weighted by atomic mass is 35.5. The number of nitrogens with zero attached hydrogens (tertiary/aromatic N) is 2. The first kappa shape index (κ1) is 13.8. The molecule has 1 N–H and O–H groups in total. The quantitative estimate of drug-likeness (QED) is 0.858. The summed E-state index contributed by atoms with van der Waals surface area (Å²) in [5, 5.41) is 0. The Bertz CT molecular complexity index is 630. The zero-order valence-corrected chi connectivity index (χ0v) is 11.5. The van der Waals surface area contributed by atoms with E-state index in [9.17, 15) is 8.42 Å². The average Bonchev–Trinajstić information content (AvgIpc) is 2.40. The Morgan fingerprint density at radius 1 is 1.11 bits per heavy atom. The van der Waals surface area contributed by atoms with Crippen molar-refractivity contribution in [3.05, 3.63) is 48.5 Å². The highest BCUT2D eigenvalue weighted by molar-refractivity contribution is 7.92. The number of hydrogen-bond donors (Lipinski definition) is 1. The van der Waals surface area contributed by atoms with Gasteiger partial charge in [0.2, 0.25) is 0 Å². The zero-order chi connectivity index (χ0) is 13.7. The van der Waals surface area contributed by atoms with E-state index in [2.05, 4.69) is 14.7 Å². The number of alkyl halides is 1. The van der Waals surface area contributed by atoms with Crippen molar-refractivity contribution in [2.45, 2.75) is 11.3 Å². The molecule has 19 heavy (non-hydrogen) atoms. The summed E-state index contributed by atoms with van der Waals surface area (Å²) in [5.41, 5.74) is 1.32. The summed E-state index contributed by atoms with van der Waals surface area (Å²) in [6, 6.07) is 6.60. The van der Waals surface area contributed by atoms with Crippen LogP contribution in [0, 0.1) is 0 Å². The third-order valence-corrected chi connectivity index (χ3v) is 4.02. The van der Waals surface area contributed by atoms with Gasteiger partial charge in [-0.2, -0.15) is 0 Å². The van der Waals surface area contributed by atoms with Crippen LogP contribution >= 0.6 is 11.6 Å². The Labute approximate surface area is 116 Å². The minimum absolute atomic E-state index is 0.190. The van der Waals surface area contributed by atoms with Crippen LogP contribution in [-0.4, -0.2) is 24.3 Å². The standard InChI is InChI=1S/C12H12ClN3O2S/c13-6-5-10-1-3-12(4-2-10)19(17,18)16-11-7-14-9-15-8-11/h1-4,7-9,16H,5-6H2. The maximum atomic E-state index is 12.1. The molecule has 0 aliphatic rings. The molecule has 0 amide bonds. The fourth-order valence-electron chi connectivity index (χ4n) is 1.51. The smallest absolute Gasteiger partial charge is 0.261 e. The molecule has 100 valence electrons. The van der Waals surface area contributed by atoms with Crippen LogP contribution in [0.2, 0.25) is 0 Å². The molecule has 0 fully saturated rings. The van der Waals surface area contributed by atoms with E-state index in [-0.39, 0.29) is 4.90 Å². The molecule has 0 bridgehead atoms. The van der Waals surface area contributed by atoms with Crippen LogP contribution in [-0.2, 0) is 16.4 Å². The Hall–Kier alpha value is -1.66. The molecule has 2 aromatic rings. The normalized spacial score (nSPS) is 11.2. The summed E-state index contributed by atoms with van der Waals surface area (Å²) in [6.45, 7) is 0. The van der Waals surface area contributed by atoms with Gasteiger partial charge in [-0.15, -0.1) is 11.6 Å². The molecular weight excluding hydrogens is 286 g/mol. The van der Waals surface area contributed by atoms with Crippen molar-refractivity contribution in [2.75, 3.05) is 10.6 Å². The molecule has 7 heteroatoms. The summed E-state index contributed by atoms with van der Waals surface area (Å²) < 4.78 is 26.6. The number of sulfonamides is 1. The monoisotopic (exact) mass is 297 g/mol. The lowest BCUT2D eigenvalue weighted by Crippen LogP contribution is -2.13. The van der Waals surface area contributed by atoms with E-state index in [1.807, 2.05) is 0 Å². The summed E-state index contributed by atoms with van der Waals surface area (Å²) in [5.74, 6) is 0.506. The van der Waals surface area contributed by atoms with Gasteiger partial charge in [-0.3, -0.25) is 4.72 Å². The molecule has 1 aromatic heterocycles. The summed E-state index contributed by atoms with van der Waals surface area (Å²) in [7, 11) is -3.61. The molecule has 0 saturated heterocycles. The molecule has 1 aromatic carbocycles. The first-order chi connectivity index (χ1) is 9.12. The second-order valence-electron chi connectivity index (χ2n) is 3.82.